The summed E-state index contributed by atoms with van der Waals surface area (Å²) < 4.78 is 1.62. The normalized spacial score (nSPS) is 10.6. The van der Waals surface area contributed by atoms with Crippen LogP contribution in [0.1, 0.15) is 12.0 Å². The van der Waals surface area contributed by atoms with Gasteiger partial charge in [0.05, 0.1) is 11.9 Å². The molecule has 0 aliphatic heterocycles. The zero-order chi connectivity index (χ0) is 12.3. The second-order valence-corrected chi connectivity index (χ2v) is 3.88. The lowest BCUT2D eigenvalue weighted by Crippen LogP contribution is -2.04. The third-order valence-electron chi connectivity index (χ3n) is 2.61. The van der Waals surface area contributed by atoms with Crippen LogP contribution in [0.15, 0.2) is 30.5 Å². The van der Waals surface area contributed by atoms with E-state index < -0.39 is 0 Å². The third-order valence-corrected chi connectivity index (χ3v) is 2.61. The highest BCUT2D eigenvalue weighted by atomic mass is 16.3. The lowest BCUT2D eigenvalue weighted by molar-refractivity contribution is 0.475. The standard InChI is InChI=1S/C12H16N4O/c13-6-2-3-9-8-15-16(12(9)14)10-4-1-5-11(17)7-10/h1,4-5,7-8,17H,2-3,6,13-14H2. The van der Waals surface area contributed by atoms with Crippen molar-refractivity contribution in [2.24, 2.45) is 5.73 Å². The molecule has 5 nitrogen and oxygen atoms in total. The van der Waals surface area contributed by atoms with Crippen molar-refractivity contribution in [2.45, 2.75) is 12.8 Å². The molecule has 17 heavy (non-hydrogen) atoms. The molecular weight excluding hydrogens is 216 g/mol. The fourth-order valence-corrected chi connectivity index (χ4v) is 1.71. The Morgan fingerprint density at radius 1 is 1.35 bits per heavy atom. The van der Waals surface area contributed by atoms with Gasteiger partial charge < -0.3 is 16.6 Å². The highest BCUT2D eigenvalue weighted by Crippen LogP contribution is 2.20. The molecule has 1 aromatic carbocycles. The van der Waals surface area contributed by atoms with Crippen LogP contribution in [0.4, 0.5) is 5.82 Å². The van der Waals surface area contributed by atoms with E-state index >= 15 is 0 Å². The molecule has 2 aromatic rings. The van der Waals surface area contributed by atoms with Gasteiger partial charge in [0, 0.05) is 11.6 Å². The zero-order valence-corrected chi connectivity index (χ0v) is 9.50. The van der Waals surface area contributed by atoms with E-state index in [1.807, 2.05) is 6.07 Å². The Labute approximate surface area is 99.7 Å². The number of phenolic OH excluding ortho intramolecular Hbond substituents is 1. The number of nitrogens with two attached hydrogens (primary N) is 2. The van der Waals surface area contributed by atoms with Crippen molar-refractivity contribution < 1.29 is 5.11 Å². The second kappa shape index (κ2) is 4.88. The van der Waals surface area contributed by atoms with Gasteiger partial charge in [0.1, 0.15) is 11.6 Å². The molecule has 0 unspecified atom stereocenters. The molecule has 0 amide bonds. The van der Waals surface area contributed by atoms with Crippen molar-refractivity contribution in [2.75, 3.05) is 12.3 Å². The van der Waals surface area contributed by atoms with E-state index in [9.17, 15) is 5.11 Å². The average molecular weight is 232 g/mol. The van der Waals surface area contributed by atoms with Crippen molar-refractivity contribution in [3.05, 3.63) is 36.0 Å². The van der Waals surface area contributed by atoms with Crippen LogP contribution in [-0.4, -0.2) is 21.4 Å². The third kappa shape index (κ3) is 2.39. The lowest BCUT2D eigenvalue weighted by Gasteiger charge is -2.05. The molecule has 5 N–H and O–H groups in total. The number of benzene rings is 1. The maximum Gasteiger partial charge on any atom is 0.130 e. The van der Waals surface area contributed by atoms with Crippen molar-refractivity contribution in [3.8, 4) is 11.4 Å². The number of rotatable bonds is 4. The molecule has 0 fully saturated rings. The van der Waals surface area contributed by atoms with E-state index in [4.69, 9.17) is 11.5 Å². The predicted octanol–water partition coefficient (Wildman–Crippen LogP) is 1.05. The molecule has 0 spiro atoms. The summed E-state index contributed by atoms with van der Waals surface area (Å²) in [5.41, 5.74) is 13.2. The summed E-state index contributed by atoms with van der Waals surface area (Å²) in [5, 5.41) is 13.6. The summed E-state index contributed by atoms with van der Waals surface area (Å²) in [4.78, 5) is 0. The van der Waals surface area contributed by atoms with Crippen molar-refractivity contribution in [3.63, 3.8) is 0 Å². The van der Waals surface area contributed by atoms with Crippen molar-refractivity contribution in [1.29, 1.82) is 0 Å². The summed E-state index contributed by atoms with van der Waals surface area (Å²) in [6, 6.07) is 6.83. The Bertz CT molecular complexity index is 507. The summed E-state index contributed by atoms with van der Waals surface area (Å²) in [6.45, 7) is 0.636. The number of nitrogen functional groups attached to an aromatic ring is 1. The van der Waals surface area contributed by atoms with Gasteiger partial charge in [0.15, 0.2) is 0 Å². The molecule has 1 aromatic heterocycles. The van der Waals surface area contributed by atoms with E-state index in [-0.39, 0.29) is 5.75 Å². The van der Waals surface area contributed by atoms with Crippen LogP contribution in [0.25, 0.3) is 5.69 Å². The number of hydrogen-bond donors (Lipinski definition) is 3. The van der Waals surface area contributed by atoms with E-state index in [1.54, 1.807) is 29.1 Å². The van der Waals surface area contributed by atoms with E-state index in [1.165, 1.54) is 0 Å². The first-order valence-corrected chi connectivity index (χ1v) is 5.54. The highest BCUT2D eigenvalue weighted by Gasteiger charge is 2.08. The molecule has 0 radical (unpaired) electrons. The van der Waals surface area contributed by atoms with Gasteiger partial charge in [0.25, 0.3) is 0 Å². The number of phenols is 1. The molecule has 2 rings (SSSR count). The average Bonchev–Trinajstić information content (AvgIpc) is 2.68. The Balaban J connectivity index is 2.30. The van der Waals surface area contributed by atoms with Gasteiger partial charge in [-0.1, -0.05) is 6.07 Å². The molecule has 0 atom stereocenters. The largest absolute Gasteiger partial charge is 0.508 e. The van der Waals surface area contributed by atoms with E-state index in [0.29, 0.717) is 12.4 Å². The van der Waals surface area contributed by atoms with Crippen LogP contribution >= 0.6 is 0 Å². The number of aromatic nitrogens is 2. The smallest absolute Gasteiger partial charge is 0.130 e. The van der Waals surface area contributed by atoms with Crippen LogP contribution in [0.3, 0.4) is 0 Å². The Morgan fingerprint density at radius 2 is 2.18 bits per heavy atom. The first-order chi connectivity index (χ1) is 8.22. The van der Waals surface area contributed by atoms with Gasteiger partial charge in [-0.15, -0.1) is 0 Å². The summed E-state index contributed by atoms with van der Waals surface area (Å²) in [5.74, 6) is 0.796. The molecule has 0 saturated heterocycles. The van der Waals surface area contributed by atoms with Gasteiger partial charge in [-0.05, 0) is 31.5 Å². The van der Waals surface area contributed by atoms with Gasteiger partial charge in [-0.2, -0.15) is 5.10 Å². The molecule has 0 bridgehead atoms. The van der Waals surface area contributed by atoms with E-state index in [2.05, 4.69) is 5.10 Å². The SMILES string of the molecule is NCCCc1cnn(-c2cccc(O)c2)c1N. The molecule has 0 saturated carbocycles. The number of anilines is 1. The summed E-state index contributed by atoms with van der Waals surface area (Å²) in [7, 11) is 0. The van der Waals surface area contributed by atoms with Crippen molar-refractivity contribution >= 4 is 5.82 Å². The van der Waals surface area contributed by atoms with Gasteiger partial charge in [-0.25, -0.2) is 4.68 Å². The van der Waals surface area contributed by atoms with E-state index in [0.717, 1.165) is 24.1 Å². The number of nitrogens with zero attached hydrogens (tertiary/aromatic N) is 2. The minimum atomic E-state index is 0.195. The number of aryl methyl sites for hydroxylation is 1. The fourth-order valence-electron chi connectivity index (χ4n) is 1.71. The number of hydrogen-bond acceptors (Lipinski definition) is 4. The van der Waals surface area contributed by atoms with Gasteiger partial charge in [0.2, 0.25) is 0 Å². The van der Waals surface area contributed by atoms with Crippen LogP contribution in [0.2, 0.25) is 0 Å². The minimum absolute atomic E-state index is 0.195. The van der Waals surface area contributed by atoms with Crippen LogP contribution in [0.5, 0.6) is 5.75 Å². The summed E-state index contributed by atoms with van der Waals surface area (Å²) in [6.07, 6.45) is 3.45. The predicted molar refractivity (Wildman–Crippen MR) is 67.0 cm³/mol. The molecule has 5 heteroatoms. The molecule has 0 aliphatic rings. The highest BCUT2D eigenvalue weighted by molar-refractivity contribution is 5.48. The molecule has 90 valence electrons. The monoisotopic (exact) mass is 232 g/mol. The Morgan fingerprint density at radius 3 is 2.88 bits per heavy atom. The van der Waals surface area contributed by atoms with Crippen molar-refractivity contribution in [1.82, 2.24) is 9.78 Å². The zero-order valence-electron chi connectivity index (χ0n) is 9.50. The fraction of sp³-hybridized carbons (Fsp3) is 0.250. The Kier molecular flexibility index (Phi) is 3.30. The first kappa shape index (κ1) is 11.5. The maximum atomic E-state index is 9.42. The summed E-state index contributed by atoms with van der Waals surface area (Å²) >= 11 is 0. The first-order valence-electron chi connectivity index (χ1n) is 5.54. The topological polar surface area (TPSA) is 90.1 Å². The maximum absolute atomic E-state index is 9.42. The lowest BCUT2D eigenvalue weighted by atomic mass is 10.2. The quantitative estimate of drug-likeness (QED) is 0.735. The minimum Gasteiger partial charge on any atom is -0.508 e. The Hall–Kier alpha value is -2.01. The van der Waals surface area contributed by atoms with Crippen LogP contribution in [-0.2, 0) is 6.42 Å². The van der Waals surface area contributed by atoms with Crippen LogP contribution in [0, 0.1) is 0 Å². The van der Waals surface area contributed by atoms with Crippen LogP contribution < -0.4 is 11.5 Å². The molecule has 0 aliphatic carbocycles. The number of aromatic hydroxyl groups is 1. The second-order valence-electron chi connectivity index (χ2n) is 3.88. The molecule has 1 heterocycles. The molecular formula is C12H16N4O. The van der Waals surface area contributed by atoms with Gasteiger partial charge >= 0.3 is 0 Å². The van der Waals surface area contributed by atoms with Gasteiger partial charge in [-0.3, -0.25) is 0 Å².